The van der Waals surface area contributed by atoms with E-state index in [2.05, 4.69) is 5.32 Å². The van der Waals surface area contributed by atoms with Crippen LogP contribution in [-0.4, -0.2) is 59.7 Å². The van der Waals surface area contributed by atoms with Gasteiger partial charge in [0.05, 0.1) is 18.1 Å². The largest absolute Gasteiger partial charge is 0.464 e. The lowest BCUT2D eigenvalue weighted by molar-refractivity contribution is -0.384. The Kier molecular flexibility index (Phi) is 7.55. The molecule has 1 aromatic heterocycles. The Bertz CT molecular complexity index is 1270. The fourth-order valence-electron chi connectivity index (χ4n) is 5.05. The Morgan fingerprint density at radius 1 is 1.08 bits per heavy atom. The number of nitrogens with one attached hydrogen (secondary N) is 1. The predicted octanol–water partition coefficient (Wildman–Crippen LogP) is 1.60. The lowest BCUT2D eigenvalue weighted by Crippen LogP contribution is -2.48. The molecule has 37 heavy (non-hydrogen) atoms. The summed E-state index contributed by atoms with van der Waals surface area (Å²) in [6, 6.07) is 7.51. The summed E-state index contributed by atoms with van der Waals surface area (Å²) in [5.41, 5.74) is 0.849. The van der Waals surface area contributed by atoms with Crippen molar-refractivity contribution in [1.82, 2.24) is 9.88 Å². The van der Waals surface area contributed by atoms with E-state index in [4.69, 9.17) is 9.47 Å². The minimum absolute atomic E-state index is 0.0122. The van der Waals surface area contributed by atoms with Crippen LogP contribution in [0.4, 0.5) is 11.4 Å². The molecule has 2 aliphatic rings. The van der Waals surface area contributed by atoms with E-state index >= 15 is 0 Å². The van der Waals surface area contributed by atoms with E-state index in [1.54, 1.807) is 24.5 Å². The van der Waals surface area contributed by atoms with E-state index in [1.807, 2.05) is 11.0 Å². The van der Waals surface area contributed by atoms with Gasteiger partial charge in [0.2, 0.25) is 6.04 Å². The second kappa shape index (κ2) is 10.8. The molecule has 1 saturated heterocycles. The number of hydrogen-bond donors (Lipinski definition) is 1. The number of aromatic nitrogens is 1. The molecule has 0 saturated carbocycles. The molecule has 12 heteroatoms. The van der Waals surface area contributed by atoms with Gasteiger partial charge in [0.1, 0.15) is 5.69 Å². The number of hydrogen-bond acceptors (Lipinski definition) is 9. The van der Waals surface area contributed by atoms with Gasteiger partial charge in [-0.05, 0) is 44.4 Å². The van der Waals surface area contributed by atoms with E-state index in [0.717, 1.165) is 18.2 Å². The van der Waals surface area contributed by atoms with Crippen molar-refractivity contribution in [3.8, 4) is 0 Å². The van der Waals surface area contributed by atoms with Gasteiger partial charge >= 0.3 is 11.9 Å². The molecular weight excluding hydrogens is 484 g/mol. The minimum atomic E-state index is -1.70. The van der Waals surface area contributed by atoms with Gasteiger partial charge in [0.25, 0.3) is 17.2 Å². The quantitative estimate of drug-likeness (QED) is 0.241. The second-order valence-electron chi connectivity index (χ2n) is 8.97. The number of rotatable bonds is 8. The van der Waals surface area contributed by atoms with Crippen LogP contribution < -0.4 is 15.8 Å². The molecule has 2 aromatic rings. The highest BCUT2D eigenvalue weighted by molar-refractivity contribution is 6.06. The Morgan fingerprint density at radius 3 is 2.43 bits per heavy atom. The van der Waals surface area contributed by atoms with Crippen molar-refractivity contribution in [1.29, 1.82) is 0 Å². The van der Waals surface area contributed by atoms with Crippen LogP contribution in [0.1, 0.15) is 42.2 Å². The highest BCUT2D eigenvalue weighted by Crippen LogP contribution is 2.39. The van der Waals surface area contributed by atoms with Gasteiger partial charge in [0, 0.05) is 48.9 Å². The van der Waals surface area contributed by atoms with Crippen LogP contribution in [0.3, 0.4) is 0 Å². The molecule has 3 heterocycles. The topological polar surface area (TPSA) is 150 Å². The molecule has 12 nitrogen and oxygen atoms in total. The molecule has 0 radical (unpaired) electrons. The van der Waals surface area contributed by atoms with Crippen molar-refractivity contribution in [2.24, 2.45) is 5.92 Å². The van der Waals surface area contributed by atoms with Crippen LogP contribution in [0.25, 0.3) is 0 Å². The van der Waals surface area contributed by atoms with Crippen molar-refractivity contribution in [2.45, 2.75) is 38.8 Å². The Morgan fingerprint density at radius 2 is 1.78 bits per heavy atom. The number of esters is 2. The maximum atomic E-state index is 12.9. The zero-order valence-electron chi connectivity index (χ0n) is 20.5. The average molecular weight is 513 g/mol. The smallest absolute Gasteiger partial charge is 0.340 e. The molecule has 0 spiro atoms. The fraction of sp³-hybridized carbons (Fsp3) is 0.440. The summed E-state index contributed by atoms with van der Waals surface area (Å²) in [6.07, 6.45) is 0.886. The fourth-order valence-corrected chi connectivity index (χ4v) is 5.05. The van der Waals surface area contributed by atoms with E-state index < -0.39 is 28.8 Å². The average Bonchev–Trinajstić information content (AvgIpc) is 2.87. The first-order valence-electron chi connectivity index (χ1n) is 12.1. The number of pyridine rings is 1. The van der Waals surface area contributed by atoms with Crippen LogP contribution in [0.15, 0.2) is 41.2 Å². The third-order valence-corrected chi connectivity index (χ3v) is 6.57. The SMILES string of the molecule is CCOC(=O)C(NC(=O)c1ccc(N2CC3CC(C2)c2cccc(=O)n2C3)c([N+](=O)[O-])c1)C(=O)OCC. The number of nitrogens with zero attached hydrogens (tertiary/aromatic N) is 3. The van der Waals surface area contributed by atoms with E-state index in [1.165, 1.54) is 18.2 Å². The second-order valence-corrected chi connectivity index (χ2v) is 8.97. The van der Waals surface area contributed by atoms with Crippen LogP contribution in [0.2, 0.25) is 0 Å². The van der Waals surface area contributed by atoms with Gasteiger partial charge < -0.3 is 24.3 Å². The lowest BCUT2D eigenvalue weighted by atomic mass is 9.83. The zero-order valence-corrected chi connectivity index (χ0v) is 20.5. The maximum absolute atomic E-state index is 12.9. The summed E-state index contributed by atoms with van der Waals surface area (Å²) in [5.74, 6) is -2.65. The minimum Gasteiger partial charge on any atom is -0.464 e. The third kappa shape index (κ3) is 5.32. The normalized spacial score (nSPS) is 18.1. The van der Waals surface area contributed by atoms with E-state index in [-0.39, 0.29) is 41.9 Å². The van der Waals surface area contributed by atoms with Gasteiger partial charge in [0.15, 0.2) is 0 Å². The van der Waals surface area contributed by atoms with Crippen molar-refractivity contribution in [3.63, 3.8) is 0 Å². The van der Waals surface area contributed by atoms with Gasteiger partial charge in [-0.2, -0.15) is 0 Å². The molecule has 2 bridgehead atoms. The first-order valence-corrected chi connectivity index (χ1v) is 12.1. The molecule has 0 aliphatic carbocycles. The number of fused-ring (bicyclic) bond motifs is 4. The number of nitro groups is 1. The summed E-state index contributed by atoms with van der Waals surface area (Å²) in [5, 5.41) is 14.3. The van der Waals surface area contributed by atoms with E-state index in [9.17, 15) is 29.3 Å². The molecule has 1 fully saturated rings. The van der Waals surface area contributed by atoms with Crippen LogP contribution >= 0.6 is 0 Å². The molecule has 196 valence electrons. The number of anilines is 1. The third-order valence-electron chi connectivity index (χ3n) is 6.57. The first-order chi connectivity index (χ1) is 17.7. The number of benzene rings is 1. The highest BCUT2D eigenvalue weighted by Gasteiger charge is 2.37. The number of nitro benzene ring substituents is 1. The van der Waals surface area contributed by atoms with Gasteiger partial charge in [-0.25, -0.2) is 9.59 Å². The van der Waals surface area contributed by atoms with Gasteiger partial charge in [-0.15, -0.1) is 0 Å². The summed E-state index contributed by atoms with van der Waals surface area (Å²) >= 11 is 0. The van der Waals surface area contributed by atoms with Crippen LogP contribution in [0.5, 0.6) is 0 Å². The van der Waals surface area contributed by atoms with Crippen molar-refractivity contribution in [3.05, 3.63) is 68.1 Å². The van der Waals surface area contributed by atoms with Gasteiger partial charge in [-0.3, -0.25) is 19.7 Å². The highest BCUT2D eigenvalue weighted by atomic mass is 16.6. The number of carbonyl (C=O) groups excluding carboxylic acids is 3. The number of amides is 1. The van der Waals surface area contributed by atoms with Gasteiger partial charge in [-0.1, -0.05) is 6.07 Å². The van der Waals surface area contributed by atoms with Crippen LogP contribution in [0, 0.1) is 16.0 Å². The number of piperidine rings is 1. The molecule has 2 unspecified atom stereocenters. The summed E-state index contributed by atoms with van der Waals surface area (Å²) in [4.78, 5) is 62.9. The monoisotopic (exact) mass is 512 g/mol. The summed E-state index contributed by atoms with van der Waals surface area (Å²) in [6.45, 7) is 4.63. The molecule has 2 aliphatic heterocycles. The van der Waals surface area contributed by atoms with E-state index in [0.29, 0.717) is 25.3 Å². The molecule has 1 amide bonds. The van der Waals surface area contributed by atoms with Crippen LogP contribution in [-0.2, 0) is 25.6 Å². The Balaban J connectivity index is 1.59. The molecule has 1 N–H and O–H groups in total. The standard InChI is InChI=1S/C25H28N4O8/c1-3-36-24(32)22(25(33)37-4-2)26-23(31)16-8-9-19(20(11-16)29(34)35)27-12-15-10-17(14-27)18-6-5-7-21(30)28(18)13-15/h5-9,11,15,17,22H,3-4,10,12-14H2,1-2H3,(H,26,31). The summed E-state index contributed by atoms with van der Waals surface area (Å²) in [7, 11) is 0. The Labute approximate surface area is 212 Å². The molecule has 4 rings (SSSR count). The van der Waals surface area contributed by atoms with Crippen molar-refractivity contribution >= 4 is 29.2 Å². The molecule has 2 atom stereocenters. The van der Waals surface area contributed by atoms with Crippen molar-refractivity contribution in [2.75, 3.05) is 31.2 Å². The first kappa shape index (κ1) is 25.9. The number of ether oxygens (including phenoxy) is 2. The lowest BCUT2D eigenvalue weighted by Gasteiger charge is -2.43. The summed E-state index contributed by atoms with van der Waals surface area (Å²) < 4.78 is 11.5. The molecular formula is C25H28N4O8. The molecule has 1 aromatic carbocycles. The predicted molar refractivity (Wildman–Crippen MR) is 131 cm³/mol. The number of carbonyl (C=O) groups is 3. The van der Waals surface area contributed by atoms with Crippen molar-refractivity contribution < 1.29 is 28.8 Å². The zero-order chi connectivity index (χ0) is 26.7. The maximum Gasteiger partial charge on any atom is 0.340 e. The Hall–Kier alpha value is -4.22.